The zero-order valence-corrected chi connectivity index (χ0v) is 12.4. The van der Waals surface area contributed by atoms with Crippen LogP contribution in [0.5, 0.6) is 5.75 Å². The maximum Gasteiger partial charge on any atom is 0.123 e. The fraction of sp³-hybridized carbons (Fsp3) is 0.625. The molecule has 19 heavy (non-hydrogen) atoms. The summed E-state index contributed by atoms with van der Waals surface area (Å²) >= 11 is 0. The van der Waals surface area contributed by atoms with Crippen LogP contribution in [0.25, 0.3) is 0 Å². The molecule has 2 atom stereocenters. The standard InChI is InChI=1S/C16H26N2O/c1-12-5-4-6-13(2)18(12)11-14-7-8-15(10-17)16(9-14)19-3/h7-9,12-13H,4-6,10-11,17H2,1-3H3/t12-,13+. The minimum Gasteiger partial charge on any atom is -0.496 e. The van der Waals surface area contributed by atoms with Crippen molar-refractivity contribution >= 4 is 0 Å². The van der Waals surface area contributed by atoms with Crippen molar-refractivity contribution in [3.05, 3.63) is 29.3 Å². The van der Waals surface area contributed by atoms with Gasteiger partial charge in [-0.1, -0.05) is 18.6 Å². The topological polar surface area (TPSA) is 38.5 Å². The molecule has 106 valence electrons. The van der Waals surface area contributed by atoms with Gasteiger partial charge in [-0.3, -0.25) is 4.90 Å². The predicted octanol–water partition coefficient (Wildman–Crippen LogP) is 2.92. The van der Waals surface area contributed by atoms with Crippen LogP contribution in [0, 0.1) is 0 Å². The van der Waals surface area contributed by atoms with Gasteiger partial charge in [0.2, 0.25) is 0 Å². The Morgan fingerprint density at radius 2 is 1.95 bits per heavy atom. The summed E-state index contributed by atoms with van der Waals surface area (Å²) in [5, 5.41) is 0. The van der Waals surface area contributed by atoms with Crippen LogP contribution >= 0.6 is 0 Å². The number of hydrogen-bond acceptors (Lipinski definition) is 3. The minimum absolute atomic E-state index is 0.528. The zero-order valence-electron chi connectivity index (χ0n) is 12.4. The second-order valence-electron chi connectivity index (χ2n) is 5.65. The number of nitrogens with two attached hydrogens (primary N) is 1. The van der Waals surface area contributed by atoms with Gasteiger partial charge < -0.3 is 10.5 Å². The molecule has 1 aromatic rings. The highest BCUT2D eigenvalue weighted by Gasteiger charge is 2.24. The molecule has 2 N–H and O–H groups in total. The molecular formula is C16H26N2O. The SMILES string of the molecule is COc1cc(CN2[C@H](C)CCC[C@@H]2C)ccc1CN. The summed E-state index contributed by atoms with van der Waals surface area (Å²) in [6.07, 6.45) is 3.97. The first-order chi connectivity index (χ1) is 9.15. The van der Waals surface area contributed by atoms with Gasteiger partial charge in [0.05, 0.1) is 7.11 Å². The molecule has 0 aromatic heterocycles. The molecule has 1 aromatic carbocycles. The van der Waals surface area contributed by atoms with Crippen LogP contribution in [0.2, 0.25) is 0 Å². The Labute approximate surface area is 116 Å². The lowest BCUT2D eigenvalue weighted by molar-refractivity contribution is 0.0952. The summed E-state index contributed by atoms with van der Waals surface area (Å²) in [4.78, 5) is 2.60. The third-order valence-corrected chi connectivity index (χ3v) is 4.31. The predicted molar refractivity (Wildman–Crippen MR) is 79.2 cm³/mol. The van der Waals surface area contributed by atoms with Crippen molar-refractivity contribution in [2.24, 2.45) is 5.73 Å². The van der Waals surface area contributed by atoms with E-state index < -0.39 is 0 Å². The van der Waals surface area contributed by atoms with E-state index in [-0.39, 0.29) is 0 Å². The molecule has 0 radical (unpaired) electrons. The maximum atomic E-state index is 5.71. The van der Waals surface area contributed by atoms with Crippen LogP contribution in [-0.4, -0.2) is 24.1 Å². The molecule has 2 rings (SSSR count). The summed E-state index contributed by atoms with van der Waals surface area (Å²) in [7, 11) is 1.71. The van der Waals surface area contributed by atoms with Crippen molar-refractivity contribution in [2.75, 3.05) is 7.11 Å². The molecule has 0 saturated carbocycles. The van der Waals surface area contributed by atoms with Crippen molar-refractivity contribution in [3.8, 4) is 5.75 Å². The number of rotatable bonds is 4. The third-order valence-electron chi connectivity index (χ3n) is 4.31. The van der Waals surface area contributed by atoms with E-state index >= 15 is 0 Å². The van der Waals surface area contributed by atoms with Crippen LogP contribution < -0.4 is 10.5 Å². The van der Waals surface area contributed by atoms with Crippen LogP contribution in [0.4, 0.5) is 0 Å². The van der Waals surface area contributed by atoms with E-state index in [1.165, 1.54) is 24.8 Å². The van der Waals surface area contributed by atoms with Crippen molar-refractivity contribution in [1.29, 1.82) is 0 Å². The quantitative estimate of drug-likeness (QED) is 0.906. The lowest BCUT2D eigenvalue weighted by Crippen LogP contribution is -2.42. The van der Waals surface area contributed by atoms with Gasteiger partial charge in [-0.2, -0.15) is 0 Å². The van der Waals surface area contributed by atoms with Gasteiger partial charge in [0.15, 0.2) is 0 Å². The average Bonchev–Trinajstić information content (AvgIpc) is 2.42. The number of hydrogen-bond donors (Lipinski definition) is 1. The van der Waals surface area contributed by atoms with Gasteiger partial charge >= 0.3 is 0 Å². The number of ether oxygens (including phenoxy) is 1. The Morgan fingerprint density at radius 1 is 1.26 bits per heavy atom. The highest BCUT2D eigenvalue weighted by atomic mass is 16.5. The van der Waals surface area contributed by atoms with Crippen LogP contribution in [0.15, 0.2) is 18.2 Å². The van der Waals surface area contributed by atoms with Crippen molar-refractivity contribution < 1.29 is 4.74 Å². The molecular weight excluding hydrogens is 236 g/mol. The summed E-state index contributed by atoms with van der Waals surface area (Å²) < 4.78 is 5.42. The summed E-state index contributed by atoms with van der Waals surface area (Å²) in [6.45, 7) is 6.20. The minimum atomic E-state index is 0.528. The summed E-state index contributed by atoms with van der Waals surface area (Å²) in [6, 6.07) is 7.75. The second-order valence-corrected chi connectivity index (χ2v) is 5.65. The fourth-order valence-electron chi connectivity index (χ4n) is 3.05. The van der Waals surface area contributed by atoms with Crippen molar-refractivity contribution in [1.82, 2.24) is 4.90 Å². The van der Waals surface area contributed by atoms with Gasteiger partial charge in [-0.25, -0.2) is 0 Å². The molecule has 0 unspecified atom stereocenters. The largest absolute Gasteiger partial charge is 0.496 e. The smallest absolute Gasteiger partial charge is 0.123 e. The molecule has 1 saturated heterocycles. The molecule has 1 aliphatic rings. The normalized spacial score (nSPS) is 24.4. The Morgan fingerprint density at radius 3 is 2.53 bits per heavy atom. The van der Waals surface area contributed by atoms with Gasteiger partial charge in [0.25, 0.3) is 0 Å². The molecule has 1 fully saturated rings. The highest BCUT2D eigenvalue weighted by molar-refractivity contribution is 5.37. The number of nitrogens with zero attached hydrogens (tertiary/aromatic N) is 1. The van der Waals surface area contributed by atoms with E-state index in [9.17, 15) is 0 Å². The number of piperidine rings is 1. The van der Waals surface area contributed by atoms with E-state index in [0.29, 0.717) is 18.6 Å². The van der Waals surface area contributed by atoms with Gasteiger partial charge in [-0.15, -0.1) is 0 Å². The van der Waals surface area contributed by atoms with E-state index in [2.05, 4.69) is 36.9 Å². The number of benzene rings is 1. The maximum absolute atomic E-state index is 5.71. The second kappa shape index (κ2) is 6.40. The molecule has 1 heterocycles. The van der Waals surface area contributed by atoms with Crippen LogP contribution in [0.3, 0.4) is 0 Å². The van der Waals surface area contributed by atoms with E-state index in [4.69, 9.17) is 10.5 Å². The molecule has 0 aliphatic carbocycles. The van der Waals surface area contributed by atoms with E-state index in [0.717, 1.165) is 17.9 Å². The molecule has 0 bridgehead atoms. The Hall–Kier alpha value is -1.06. The van der Waals surface area contributed by atoms with Gasteiger partial charge in [0, 0.05) is 30.7 Å². The first-order valence-electron chi connectivity index (χ1n) is 7.27. The first-order valence-corrected chi connectivity index (χ1v) is 7.27. The lowest BCUT2D eigenvalue weighted by atomic mass is 9.96. The zero-order chi connectivity index (χ0) is 13.8. The van der Waals surface area contributed by atoms with Crippen molar-refractivity contribution in [2.45, 2.75) is 58.3 Å². The summed E-state index contributed by atoms with van der Waals surface area (Å²) in [5.41, 5.74) is 8.10. The van der Waals surface area contributed by atoms with Crippen LogP contribution in [0.1, 0.15) is 44.2 Å². The van der Waals surface area contributed by atoms with Gasteiger partial charge in [0.1, 0.15) is 5.75 Å². The first kappa shape index (κ1) is 14.4. The van der Waals surface area contributed by atoms with Crippen molar-refractivity contribution in [3.63, 3.8) is 0 Å². The Balaban J connectivity index is 2.13. The summed E-state index contributed by atoms with van der Waals surface area (Å²) in [5.74, 6) is 0.914. The fourth-order valence-corrected chi connectivity index (χ4v) is 3.05. The van der Waals surface area contributed by atoms with E-state index in [1.807, 2.05) is 0 Å². The lowest BCUT2D eigenvalue weighted by Gasteiger charge is -2.39. The molecule has 1 aliphatic heterocycles. The molecule has 3 nitrogen and oxygen atoms in total. The third kappa shape index (κ3) is 3.28. The Bertz CT molecular complexity index is 409. The number of likely N-dealkylation sites (tertiary alicyclic amines) is 1. The van der Waals surface area contributed by atoms with Crippen LogP contribution in [-0.2, 0) is 13.1 Å². The average molecular weight is 262 g/mol. The molecule has 3 heteroatoms. The van der Waals surface area contributed by atoms with Gasteiger partial charge in [-0.05, 0) is 38.3 Å². The van der Waals surface area contributed by atoms with E-state index in [1.54, 1.807) is 7.11 Å². The highest BCUT2D eigenvalue weighted by Crippen LogP contribution is 2.26. The Kier molecular flexibility index (Phi) is 4.83. The molecule has 0 amide bonds. The number of methoxy groups -OCH3 is 1. The monoisotopic (exact) mass is 262 g/mol. The molecule has 0 spiro atoms.